The van der Waals surface area contributed by atoms with E-state index in [1.54, 1.807) is 13.8 Å². The van der Waals surface area contributed by atoms with Crippen molar-refractivity contribution in [2.75, 3.05) is 12.5 Å². The zero-order valence-electron chi connectivity index (χ0n) is 11.9. The summed E-state index contributed by atoms with van der Waals surface area (Å²) in [5.41, 5.74) is 4.77. The summed E-state index contributed by atoms with van der Waals surface area (Å²) in [6, 6.07) is 1.43. The predicted octanol–water partition coefficient (Wildman–Crippen LogP) is 0.468. The normalized spacial score (nSPS) is 12.6. The van der Waals surface area contributed by atoms with Crippen LogP contribution in [0.15, 0.2) is 17.1 Å². The highest BCUT2D eigenvalue weighted by Crippen LogP contribution is 2.55. The van der Waals surface area contributed by atoms with Gasteiger partial charge in [0.2, 0.25) is 0 Å². The third-order valence-electron chi connectivity index (χ3n) is 3.17. The first-order valence-electron chi connectivity index (χ1n) is 6.36. The number of hydrogen-bond donors (Lipinski definition) is 3. The molecule has 21 heavy (non-hydrogen) atoms. The zero-order valence-corrected chi connectivity index (χ0v) is 12.8. The van der Waals surface area contributed by atoms with Gasteiger partial charge >= 0.3 is 13.3 Å². The minimum atomic E-state index is -4.43. The summed E-state index contributed by atoms with van der Waals surface area (Å²) in [6.07, 6.45) is 1.68. The van der Waals surface area contributed by atoms with Crippen molar-refractivity contribution < 1.29 is 23.8 Å². The molecule has 0 saturated carbocycles. The molecule has 0 spiro atoms. The second-order valence-electron chi connectivity index (χ2n) is 4.40. The van der Waals surface area contributed by atoms with Crippen LogP contribution in [0.4, 0.5) is 5.82 Å². The van der Waals surface area contributed by atoms with Gasteiger partial charge in [-0.15, -0.1) is 0 Å². The molecular formula is C11H20N3O6P. The molecule has 0 aliphatic heterocycles. The summed E-state index contributed by atoms with van der Waals surface area (Å²) in [4.78, 5) is 33.7. The van der Waals surface area contributed by atoms with Gasteiger partial charge in [0.1, 0.15) is 12.5 Å². The summed E-state index contributed by atoms with van der Waals surface area (Å²) in [6.45, 7) is 2.73. The molecule has 4 N–H and O–H groups in total. The van der Waals surface area contributed by atoms with E-state index < -0.39 is 18.6 Å². The van der Waals surface area contributed by atoms with Gasteiger partial charge < -0.3 is 25.0 Å². The number of ether oxygens (including phenoxy) is 2. The van der Waals surface area contributed by atoms with Crippen molar-refractivity contribution in [3.63, 3.8) is 0 Å². The highest BCUT2D eigenvalue weighted by atomic mass is 31.2. The Morgan fingerprint density at radius 1 is 1.43 bits per heavy atom. The minimum Gasteiger partial charge on any atom is -0.383 e. The van der Waals surface area contributed by atoms with Crippen molar-refractivity contribution >= 4 is 13.4 Å². The molecule has 0 aromatic carbocycles. The molecule has 0 atom stereocenters. The van der Waals surface area contributed by atoms with Crippen LogP contribution in [0.5, 0.6) is 0 Å². The fraction of sp³-hybridized carbons (Fsp3) is 0.636. The SMILES string of the molecule is CCC(CC)(OCOCn1ccc(N)nc1=O)P(=O)(O)O. The van der Waals surface area contributed by atoms with Crippen LogP contribution < -0.4 is 11.4 Å². The summed E-state index contributed by atoms with van der Waals surface area (Å²) in [5, 5.41) is -1.57. The highest BCUT2D eigenvalue weighted by molar-refractivity contribution is 7.53. The van der Waals surface area contributed by atoms with Crippen LogP contribution in [-0.2, 0) is 20.8 Å². The Morgan fingerprint density at radius 2 is 2.05 bits per heavy atom. The molecule has 1 aromatic rings. The van der Waals surface area contributed by atoms with E-state index >= 15 is 0 Å². The Morgan fingerprint density at radius 3 is 2.52 bits per heavy atom. The van der Waals surface area contributed by atoms with Gasteiger partial charge in [0, 0.05) is 6.20 Å². The zero-order chi connectivity index (χ0) is 16.1. The first-order chi connectivity index (χ1) is 9.75. The molecule has 0 aliphatic rings. The topological polar surface area (TPSA) is 137 Å². The Balaban J connectivity index is 2.60. The Bertz CT molecular complexity index is 565. The quantitative estimate of drug-likeness (QED) is 0.357. The van der Waals surface area contributed by atoms with Crippen LogP contribution in [0.1, 0.15) is 26.7 Å². The molecule has 10 heteroatoms. The number of rotatable bonds is 8. The number of nitrogen functional groups attached to an aromatic ring is 1. The summed E-state index contributed by atoms with van der Waals surface area (Å²) in [7, 11) is -4.43. The van der Waals surface area contributed by atoms with Crippen molar-refractivity contribution in [3.8, 4) is 0 Å². The van der Waals surface area contributed by atoms with Crippen molar-refractivity contribution in [1.29, 1.82) is 0 Å². The molecular weight excluding hydrogens is 301 g/mol. The number of anilines is 1. The summed E-state index contributed by atoms with van der Waals surface area (Å²) < 4.78 is 23.0. The van der Waals surface area contributed by atoms with Crippen LogP contribution in [0.3, 0.4) is 0 Å². The monoisotopic (exact) mass is 321 g/mol. The molecule has 0 bridgehead atoms. The van der Waals surface area contributed by atoms with Crippen LogP contribution >= 0.6 is 7.60 Å². The maximum absolute atomic E-state index is 11.5. The Labute approximate surface area is 121 Å². The Kier molecular flexibility index (Phi) is 6.06. The van der Waals surface area contributed by atoms with E-state index in [4.69, 9.17) is 15.2 Å². The van der Waals surface area contributed by atoms with Crippen LogP contribution in [-0.4, -0.2) is 31.5 Å². The third-order valence-corrected chi connectivity index (χ3v) is 5.00. The molecule has 120 valence electrons. The molecule has 0 aliphatic carbocycles. The molecule has 0 saturated heterocycles. The molecule has 1 heterocycles. The first-order valence-corrected chi connectivity index (χ1v) is 7.97. The predicted molar refractivity (Wildman–Crippen MR) is 75.3 cm³/mol. The number of nitrogens with two attached hydrogens (primary N) is 1. The fourth-order valence-corrected chi connectivity index (χ4v) is 2.82. The summed E-state index contributed by atoms with van der Waals surface area (Å²) >= 11 is 0. The average molecular weight is 321 g/mol. The Hall–Kier alpha value is -1.25. The van der Waals surface area contributed by atoms with Gasteiger partial charge in [-0.05, 0) is 18.9 Å². The molecule has 9 nitrogen and oxygen atoms in total. The lowest BCUT2D eigenvalue weighted by Gasteiger charge is -2.31. The molecule has 1 rings (SSSR count). The number of hydrogen-bond acceptors (Lipinski definition) is 6. The molecule has 1 aromatic heterocycles. The van der Waals surface area contributed by atoms with E-state index in [9.17, 15) is 19.1 Å². The van der Waals surface area contributed by atoms with Crippen molar-refractivity contribution in [3.05, 3.63) is 22.7 Å². The van der Waals surface area contributed by atoms with Crippen molar-refractivity contribution in [2.24, 2.45) is 0 Å². The first kappa shape index (κ1) is 17.8. The van der Waals surface area contributed by atoms with E-state index in [2.05, 4.69) is 4.98 Å². The van der Waals surface area contributed by atoms with Crippen molar-refractivity contribution in [2.45, 2.75) is 38.8 Å². The van der Waals surface area contributed by atoms with Gasteiger partial charge in [-0.1, -0.05) is 13.8 Å². The van der Waals surface area contributed by atoms with Crippen LogP contribution in [0, 0.1) is 0 Å². The average Bonchev–Trinajstić information content (AvgIpc) is 2.40. The molecule has 0 amide bonds. The second kappa shape index (κ2) is 7.15. The van der Waals surface area contributed by atoms with Crippen LogP contribution in [0.2, 0.25) is 0 Å². The second-order valence-corrected chi connectivity index (χ2v) is 6.30. The van der Waals surface area contributed by atoms with E-state index in [0.29, 0.717) is 0 Å². The maximum atomic E-state index is 11.5. The van der Waals surface area contributed by atoms with Gasteiger partial charge in [0.15, 0.2) is 12.1 Å². The van der Waals surface area contributed by atoms with Crippen molar-refractivity contribution in [1.82, 2.24) is 9.55 Å². The van der Waals surface area contributed by atoms with E-state index in [1.807, 2.05) is 0 Å². The van der Waals surface area contributed by atoms with Gasteiger partial charge in [0.25, 0.3) is 0 Å². The maximum Gasteiger partial charge on any atom is 0.357 e. The number of nitrogens with zero attached hydrogens (tertiary/aromatic N) is 2. The van der Waals surface area contributed by atoms with Gasteiger partial charge in [-0.3, -0.25) is 9.13 Å². The standard InChI is InChI=1S/C11H20N3O6P/c1-3-11(4-2,21(16,17)18)20-8-19-7-14-6-5-9(12)13-10(14)15/h5-6H,3-4,7-8H2,1-2H3,(H2,12,13,15)(H2,16,17,18). The van der Waals surface area contributed by atoms with Crippen LogP contribution in [0.25, 0.3) is 0 Å². The lowest BCUT2D eigenvalue weighted by molar-refractivity contribution is -0.134. The molecule has 0 radical (unpaired) electrons. The van der Waals surface area contributed by atoms with Gasteiger partial charge in [0.05, 0.1) is 0 Å². The highest BCUT2D eigenvalue weighted by Gasteiger charge is 2.45. The lowest BCUT2D eigenvalue weighted by Crippen LogP contribution is -2.32. The van der Waals surface area contributed by atoms with Gasteiger partial charge in [-0.25, -0.2) is 4.79 Å². The van der Waals surface area contributed by atoms with E-state index in [1.165, 1.54) is 12.3 Å². The third kappa shape index (κ3) is 4.36. The number of aromatic nitrogens is 2. The minimum absolute atomic E-state index is 0.102. The summed E-state index contributed by atoms with van der Waals surface area (Å²) in [5.74, 6) is 0.102. The van der Waals surface area contributed by atoms with E-state index in [0.717, 1.165) is 4.57 Å². The lowest BCUT2D eigenvalue weighted by atomic mass is 10.2. The fourth-order valence-electron chi connectivity index (χ4n) is 1.78. The molecule has 0 unspecified atom stereocenters. The largest absolute Gasteiger partial charge is 0.383 e. The van der Waals surface area contributed by atoms with Gasteiger partial charge in [-0.2, -0.15) is 4.98 Å². The molecule has 0 fully saturated rings. The van der Waals surface area contributed by atoms with E-state index in [-0.39, 0.29) is 32.2 Å². The smallest absolute Gasteiger partial charge is 0.357 e.